The molecule has 1 fully saturated rings. The first-order chi connectivity index (χ1) is 10.9. The van der Waals surface area contributed by atoms with Gasteiger partial charge >= 0.3 is 0 Å². The fourth-order valence-corrected chi connectivity index (χ4v) is 6.70. The largest absolute Gasteiger partial charge is 0.497 e. The number of hydrogen-bond acceptors (Lipinski definition) is 5. The summed E-state index contributed by atoms with van der Waals surface area (Å²) in [4.78, 5) is 0. The number of aliphatic hydroxyl groups excluding tert-OH is 1. The molecule has 0 aliphatic carbocycles. The molecule has 0 unspecified atom stereocenters. The molecule has 130 valence electrons. The zero-order valence-corrected chi connectivity index (χ0v) is 15.8. The van der Waals surface area contributed by atoms with Crippen molar-refractivity contribution < 1.29 is 19.3 Å². The summed E-state index contributed by atoms with van der Waals surface area (Å²) in [6.07, 6.45) is 1.84. The fraction of sp³-hybridized carbons (Fsp3) is 0.647. The molecular weight excluding hydrogens is 310 g/mol. The molecule has 6 heteroatoms. The van der Waals surface area contributed by atoms with Gasteiger partial charge in [0.15, 0.2) is 0 Å². The summed E-state index contributed by atoms with van der Waals surface area (Å²) < 4.78 is 16.5. The van der Waals surface area contributed by atoms with Gasteiger partial charge in [0.2, 0.25) is 0 Å². The Morgan fingerprint density at radius 3 is 2.22 bits per heavy atom. The molecule has 1 aromatic carbocycles. The monoisotopic (exact) mass is 339 g/mol. The number of aliphatic hydroxyl groups is 1. The Labute approximate surface area is 140 Å². The molecule has 0 bridgehead atoms. The molecule has 0 aromatic heterocycles. The van der Waals surface area contributed by atoms with Gasteiger partial charge in [-0.15, -0.1) is 0 Å². The van der Waals surface area contributed by atoms with E-state index in [9.17, 15) is 5.11 Å². The van der Waals surface area contributed by atoms with Crippen LogP contribution in [0, 0.1) is 0 Å². The van der Waals surface area contributed by atoms with Gasteiger partial charge in [0.1, 0.15) is 17.2 Å². The molecule has 0 spiro atoms. The third-order valence-electron chi connectivity index (χ3n) is 4.67. The van der Waals surface area contributed by atoms with Crippen LogP contribution in [0.3, 0.4) is 0 Å². The molecule has 1 aromatic rings. The first-order valence-electron chi connectivity index (χ1n) is 8.15. The molecule has 2 N–H and O–H groups in total. The predicted octanol–water partition coefficient (Wildman–Crippen LogP) is 1.74. The van der Waals surface area contributed by atoms with Crippen LogP contribution in [-0.2, 0) is 0 Å². The van der Waals surface area contributed by atoms with Gasteiger partial charge in [-0.1, -0.05) is 13.1 Å². The van der Waals surface area contributed by atoms with Crippen LogP contribution >= 0.6 is 0 Å². The molecule has 5 nitrogen and oxygen atoms in total. The Morgan fingerprint density at radius 2 is 1.78 bits per heavy atom. The van der Waals surface area contributed by atoms with E-state index < -0.39 is 8.07 Å². The van der Waals surface area contributed by atoms with Crippen molar-refractivity contribution in [1.82, 2.24) is 5.32 Å². The molecule has 2 atom stereocenters. The van der Waals surface area contributed by atoms with Crippen molar-refractivity contribution in [3.63, 3.8) is 0 Å². The van der Waals surface area contributed by atoms with Crippen LogP contribution in [-0.4, -0.2) is 53.2 Å². The number of hydrogen-bond donors (Lipinski definition) is 2. The minimum atomic E-state index is -1.97. The average Bonchev–Trinajstić information content (AvgIpc) is 3.07. The van der Waals surface area contributed by atoms with Crippen molar-refractivity contribution >= 4 is 13.3 Å². The van der Waals surface area contributed by atoms with Crippen molar-refractivity contribution in [2.75, 3.05) is 27.9 Å². The number of rotatable bonds is 7. The highest BCUT2D eigenvalue weighted by atomic mass is 28.3. The van der Waals surface area contributed by atoms with Gasteiger partial charge in [0, 0.05) is 23.4 Å². The molecule has 2 rings (SSSR count). The second kappa shape index (κ2) is 7.55. The van der Waals surface area contributed by atoms with E-state index in [2.05, 4.69) is 18.4 Å². The molecule has 1 heterocycles. The van der Waals surface area contributed by atoms with E-state index >= 15 is 0 Å². The summed E-state index contributed by atoms with van der Waals surface area (Å²) in [5, 5.41) is 15.1. The van der Waals surface area contributed by atoms with Gasteiger partial charge in [-0.25, -0.2) is 0 Å². The summed E-state index contributed by atoms with van der Waals surface area (Å²) in [7, 11) is 2.99. The third-order valence-corrected chi connectivity index (χ3v) is 7.96. The van der Waals surface area contributed by atoms with Crippen LogP contribution in [0.5, 0.6) is 17.2 Å². The van der Waals surface area contributed by atoms with E-state index in [1.165, 1.54) is 0 Å². The normalized spacial score (nSPS) is 19.5. The maximum atomic E-state index is 10.6. The molecule has 1 aliphatic heterocycles. The average molecular weight is 340 g/mol. The van der Waals surface area contributed by atoms with Gasteiger partial charge in [-0.3, -0.25) is 0 Å². The van der Waals surface area contributed by atoms with Crippen molar-refractivity contribution in [2.24, 2.45) is 0 Å². The van der Waals surface area contributed by atoms with Crippen LogP contribution in [0.4, 0.5) is 0 Å². The van der Waals surface area contributed by atoms with E-state index in [1.807, 2.05) is 12.1 Å². The number of methoxy groups -OCH3 is 3. The summed E-state index contributed by atoms with van der Waals surface area (Å²) >= 11 is 0. The highest BCUT2D eigenvalue weighted by Gasteiger charge is 2.36. The Hall–Kier alpha value is -1.24. The second-order valence-corrected chi connectivity index (χ2v) is 11.4. The van der Waals surface area contributed by atoms with Gasteiger partial charge in [0.25, 0.3) is 0 Å². The van der Waals surface area contributed by atoms with Crippen LogP contribution in [0.15, 0.2) is 12.1 Å². The smallest absolute Gasteiger partial charge is 0.126 e. The summed E-state index contributed by atoms with van der Waals surface area (Å²) in [6.45, 7) is 5.49. The lowest BCUT2D eigenvalue weighted by Gasteiger charge is -2.31. The quantitative estimate of drug-likeness (QED) is 0.741. The first kappa shape index (κ1) is 18.1. The first-order valence-corrected chi connectivity index (χ1v) is 11.4. The molecular formula is C17H29NO4Si. The van der Waals surface area contributed by atoms with Gasteiger partial charge < -0.3 is 24.6 Å². The maximum Gasteiger partial charge on any atom is 0.126 e. The lowest BCUT2D eigenvalue weighted by molar-refractivity contribution is 0.153. The predicted molar refractivity (Wildman–Crippen MR) is 95.1 cm³/mol. The van der Waals surface area contributed by atoms with Crippen molar-refractivity contribution in [2.45, 2.75) is 44.1 Å². The minimum Gasteiger partial charge on any atom is -0.497 e. The van der Waals surface area contributed by atoms with Crippen LogP contribution in [0.25, 0.3) is 0 Å². The zero-order chi connectivity index (χ0) is 17.0. The van der Waals surface area contributed by atoms with Crippen LogP contribution < -0.4 is 24.7 Å². The van der Waals surface area contributed by atoms with E-state index in [0.29, 0.717) is 5.75 Å². The van der Waals surface area contributed by atoms with Gasteiger partial charge in [-0.05, 0) is 25.4 Å². The molecule has 0 radical (unpaired) electrons. The minimum absolute atomic E-state index is 0.206. The fourth-order valence-electron chi connectivity index (χ4n) is 3.48. The van der Waals surface area contributed by atoms with Gasteiger partial charge in [-0.2, -0.15) is 0 Å². The highest BCUT2D eigenvalue weighted by Crippen LogP contribution is 2.31. The molecule has 0 saturated carbocycles. The van der Waals surface area contributed by atoms with E-state index in [-0.39, 0.29) is 12.1 Å². The Bertz CT molecular complexity index is 504. The van der Waals surface area contributed by atoms with Crippen molar-refractivity contribution in [3.8, 4) is 17.2 Å². The molecule has 1 aliphatic rings. The lowest BCUT2D eigenvalue weighted by atomic mass is 10.1. The zero-order valence-electron chi connectivity index (χ0n) is 14.8. The number of ether oxygens (including phenoxy) is 3. The van der Waals surface area contributed by atoms with Crippen LogP contribution in [0.2, 0.25) is 19.1 Å². The maximum absolute atomic E-state index is 10.6. The number of benzene rings is 1. The number of nitrogens with one attached hydrogen (secondary N) is 1. The van der Waals surface area contributed by atoms with Crippen LogP contribution in [0.1, 0.15) is 12.8 Å². The lowest BCUT2D eigenvalue weighted by Crippen LogP contribution is -2.49. The van der Waals surface area contributed by atoms with Crippen molar-refractivity contribution in [3.05, 3.63) is 12.1 Å². The second-order valence-electron chi connectivity index (χ2n) is 6.77. The Morgan fingerprint density at radius 1 is 1.17 bits per heavy atom. The van der Waals surface area contributed by atoms with Crippen molar-refractivity contribution in [1.29, 1.82) is 0 Å². The molecule has 0 amide bonds. The summed E-state index contributed by atoms with van der Waals surface area (Å²) in [6, 6.07) is 4.76. The Balaban J connectivity index is 2.33. The van der Waals surface area contributed by atoms with E-state index in [1.54, 1.807) is 21.3 Å². The topological polar surface area (TPSA) is 60.0 Å². The third kappa shape index (κ3) is 3.99. The van der Waals surface area contributed by atoms with Gasteiger partial charge in [0.05, 0.1) is 35.5 Å². The standard InChI is InChI=1S/C17H29NO4Si/c1-20-12-9-15(21-2)17(16(10-12)22-3)23(4,5)11-14(19)13-7-6-8-18-13/h9-10,13-14,18-19H,6-8,11H2,1-5H3/t13-,14+/m0/s1. The highest BCUT2D eigenvalue weighted by molar-refractivity contribution is 6.91. The SMILES string of the molecule is COc1cc(OC)c([Si](C)(C)C[C@@H](O)[C@@H]2CCCN2)c(OC)c1. The molecule has 23 heavy (non-hydrogen) atoms. The summed E-state index contributed by atoms with van der Waals surface area (Å²) in [5.74, 6) is 2.28. The molecule has 1 saturated heterocycles. The summed E-state index contributed by atoms with van der Waals surface area (Å²) in [5.41, 5.74) is 0. The Kier molecular flexibility index (Phi) is 5.94. The van der Waals surface area contributed by atoms with E-state index in [4.69, 9.17) is 14.2 Å². The van der Waals surface area contributed by atoms with E-state index in [0.717, 1.165) is 42.1 Å².